The van der Waals surface area contributed by atoms with Crippen molar-refractivity contribution in [2.45, 2.75) is 36.8 Å². The molecule has 9 nitrogen and oxygen atoms in total. The van der Waals surface area contributed by atoms with Crippen molar-refractivity contribution in [1.82, 2.24) is 5.32 Å². The van der Waals surface area contributed by atoms with Gasteiger partial charge in [0.25, 0.3) is 10.0 Å². The molecule has 11 heteroatoms. The number of sulfonamides is 1. The number of fused-ring (bicyclic) bond motifs is 1. The Morgan fingerprint density at radius 2 is 1.88 bits per heavy atom. The van der Waals surface area contributed by atoms with Gasteiger partial charge >= 0.3 is 5.97 Å². The summed E-state index contributed by atoms with van der Waals surface area (Å²) in [4.78, 5) is 12.3. The predicted octanol–water partition coefficient (Wildman–Crippen LogP) is 4.65. The summed E-state index contributed by atoms with van der Waals surface area (Å²) >= 11 is 1.75. The number of hydrogen-bond donors (Lipinski definition) is 3. The molecule has 214 valence electrons. The first kappa shape index (κ1) is 30.0. The fourth-order valence-corrected chi connectivity index (χ4v) is 6.80. The van der Waals surface area contributed by atoms with E-state index in [1.54, 1.807) is 11.3 Å². The van der Waals surface area contributed by atoms with E-state index in [-0.39, 0.29) is 46.1 Å². The molecule has 3 N–H and O–H groups in total. The van der Waals surface area contributed by atoms with Crippen LogP contribution in [0.15, 0.2) is 77.7 Å². The zero-order valence-electron chi connectivity index (χ0n) is 22.9. The van der Waals surface area contributed by atoms with Crippen LogP contribution in [0.4, 0.5) is 5.69 Å². The maximum absolute atomic E-state index is 13.1. The second-order valence-electron chi connectivity index (χ2n) is 10.3. The standard InChI is InChI=1S/C30H31N3O6S2/c1-30(2,16-25-14-20-7-4-5-10-28(20)40-25)32-18-24(34)19-39-27-12-11-23(13-22(27)17-31)33(3)41(37,38)26-9-6-8-21(15-26)29(35)36/h4-15,24,32,34H,16,18-19H2,1-3H3,(H,35,36)/t24-/m1/s1. The van der Waals surface area contributed by atoms with Crippen LogP contribution >= 0.6 is 11.3 Å². The zero-order chi connectivity index (χ0) is 29.8. The summed E-state index contributed by atoms with van der Waals surface area (Å²) in [6.07, 6.45) is -0.0655. The van der Waals surface area contributed by atoms with Gasteiger partial charge in [0.05, 0.1) is 21.7 Å². The Balaban J connectivity index is 1.36. The molecule has 0 radical (unpaired) electrons. The van der Waals surface area contributed by atoms with E-state index in [2.05, 4.69) is 37.4 Å². The summed E-state index contributed by atoms with van der Waals surface area (Å²) in [6, 6.07) is 21.8. The number of nitriles is 1. The Labute approximate surface area is 243 Å². The minimum Gasteiger partial charge on any atom is -0.489 e. The number of anilines is 1. The molecule has 0 aliphatic carbocycles. The number of β-amino-alcohol motifs (C(OH)–C–C–N with tert-alkyl or cyclic N) is 1. The normalized spacial score (nSPS) is 12.6. The van der Waals surface area contributed by atoms with Crippen molar-refractivity contribution in [3.05, 3.63) is 88.8 Å². The van der Waals surface area contributed by atoms with E-state index in [9.17, 15) is 28.7 Å². The number of nitrogens with one attached hydrogen (secondary N) is 1. The van der Waals surface area contributed by atoms with E-state index < -0.39 is 22.1 Å². The highest BCUT2D eigenvalue weighted by molar-refractivity contribution is 7.92. The van der Waals surface area contributed by atoms with Crippen molar-refractivity contribution in [3.8, 4) is 11.8 Å². The number of aliphatic hydroxyl groups is 1. The molecule has 4 aromatic rings. The van der Waals surface area contributed by atoms with E-state index in [4.69, 9.17) is 4.74 Å². The molecule has 0 spiro atoms. The van der Waals surface area contributed by atoms with Crippen molar-refractivity contribution in [2.75, 3.05) is 24.5 Å². The van der Waals surface area contributed by atoms with Crippen LogP contribution in [0.5, 0.6) is 5.75 Å². The van der Waals surface area contributed by atoms with Crippen molar-refractivity contribution in [2.24, 2.45) is 0 Å². The minimum atomic E-state index is -4.09. The van der Waals surface area contributed by atoms with Crippen LogP contribution in [0.25, 0.3) is 10.1 Å². The van der Waals surface area contributed by atoms with E-state index in [0.717, 1.165) is 16.8 Å². The van der Waals surface area contributed by atoms with Gasteiger partial charge in [-0.15, -0.1) is 11.3 Å². The van der Waals surface area contributed by atoms with Gasteiger partial charge in [0.15, 0.2) is 0 Å². The van der Waals surface area contributed by atoms with Gasteiger partial charge in [-0.1, -0.05) is 24.3 Å². The highest BCUT2D eigenvalue weighted by atomic mass is 32.2. The van der Waals surface area contributed by atoms with E-state index >= 15 is 0 Å². The summed E-state index contributed by atoms with van der Waals surface area (Å²) in [5.41, 5.74) is -0.146. The number of nitrogens with zero attached hydrogens (tertiary/aromatic N) is 2. The van der Waals surface area contributed by atoms with Gasteiger partial charge in [-0.3, -0.25) is 4.31 Å². The molecule has 1 heterocycles. The molecule has 0 saturated heterocycles. The Morgan fingerprint density at radius 1 is 1.12 bits per heavy atom. The highest BCUT2D eigenvalue weighted by Gasteiger charge is 2.24. The Hall–Kier alpha value is -3.95. The van der Waals surface area contributed by atoms with Gasteiger partial charge in [-0.25, -0.2) is 13.2 Å². The van der Waals surface area contributed by atoms with Crippen LogP contribution in [-0.4, -0.2) is 56.4 Å². The molecule has 0 saturated carbocycles. The van der Waals surface area contributed by atoms with Gasteiger partial charge in [-0.05, 0) is 74.2 Å². The van der Waals surface area contributed by atoms with Gasteiger partial charge in [0.2, 0.25) is 0 Å². The number of hydrogen-bond acceptors (Lipinski definition) is 8. The molecular weight excluding hydrogens is 562 g/mol. The minimum absolute atomic E-state index is 0.0733. The van der Waals surface area contributed by atoms with E-state index in [0.29, 0.717) is 0 Å². The van der Waals surface area contributed by atoms with Crippen molar-refractivity contribution < 1.29 is 28.2 Å². The lowest BCUT2D eigenvalue weighted by molar-refractivity contribution is 0.0696. The largest absolute Gasteiger partial charge is 0.489 e. The van der Waals surface area contributed by atoms with Crippen molar-refractivity contribution >= 4 is 43.1 Å². The van der Waals surface area contributed by atoms with Crippen LogP contribution in [-0.2, 0) is 16.4 Å². The zero-order valence-corrected chi connectivity index (χ0v) is 24.5. The van der Waals surface area contributed by atoms with Gasteiger partial charge < -0.3 is 20.3 Å². The molecule has 0 aliphatic rings. The molecule has 41 heavy (non-hydrogen) atoms. The first-order valence-corrected chi connectivity index (χ1v) is 15.0. The third kappa shape index (κ3) is 7.23. The SMILES string of the molecule is CN(c1ccc(OC[C@H](O)CNC(C)(C)Cc2cc3ccccc3s2)c(C#N)c1)S(=O)(=O)c1cccc(C(=O)O)c1. The predicted molar refractivity (Wildman–Crippen MR) is 159 cm³/mol. The second-order valence-corrected chi connectivity index (χ2v) is 13.4. The van der Waals surface area contributed by atoms with Crippen LogP contribution in [0.1, 0.15) is 34.6 Å². The van der Waals surface area contributed by atoms with Crippen LogP contribution < -0.4 is 14.4 Å². The molecular formula is C30H31N3O6S2. The molecule has 0 bridgehead atoms. The number of aromatic carboxylic acids is 1. The maximum atomic E-state index is 13.1. The summed E-state index contributed by atoms with van der Waals surface area (Å²) < 4.78 is 34.1. The summed E-state index contributed by atoms with van der Waals surface area (Å²) in [5, 5.41) is 34.0. The number of ether oxygens (including phenoxy) is 1. The topological polar surface area (TPSA) is 140 Å². The number of carboxylic acid groups (broad SMARTS) is 1. The van der Waals surface area contributed by atoms with Crippen molar-refractivity contribution in [3.63, 3.8) is 0 Å². The first-order valence-electron chi connectivity index (χ1n) is 12.8. The lowest BCUT2D eigenvalue weighted by Crippen LogP contribution is -2.46. The monoisotopic (exact) mass is 593 g/mol. The molecule has 3 aromatic carbocycles. The lowest BCUT2D eigenvalue weighted by Gasteiger charge is -2.27. The number of thiophene rings is 1. The van der Waals surface area contributed by atoms with Crippen LogP contribution in [0.3, 0.4) is 0 Å². The molecule has 0 fully saturated rings. The number of carboxylic acids is 1. The lowest BCUT2D eigenvalue weighted by atomic mass is 9.99. The van der Waals surface area contributed by atoms with Gasteiger partial charge in [0, 0.05) is 28.7 Å². The molecule has 0 unspecified atom stereocenters. The van der Waals surface area contributed by atoms with Gasteiger partial charge in [0.1, 0.15) is 24.5 Å². The number of rotatable bonds is 12. The Morgan fingerprint density at radius 3 is 2.59 bits per heavy atom. The fourth-order valence-electron chi connectivity index (χ4n) is 4.27. The molecule has 4 rings (SSSR count). The Bertz CT molecular complexity index is 1680. The fraction of sp³-hybridized carbons (Fsp3) is 0.267. The molecule has 0 aliphatic heterocycles. The summed E-state index contributed by atoms with van der Waals surface area (Å²) in [7, 11) is -2.78. The van der Waals surface area contributed by atoms with Crippen molar-refractivity contribution in [1.29, 1.82) is 5.26 Å². The number of aliphatic hydroxyl groups excluding tert-OH is 1. The maximum Gasteiger partial charge on any atom is 0.335 e. The van der Waals surface area contributed by atoms with Crippen LogP contribution in [0.2, 0.25) is 0 Å². The number of benzene rings is 3. The third-order valence-corrected chi connectivity index (χ3v) is 9.42. The van der Waals surface area contributed by atoms with E-state index in [1.165, 1.54) is 58.4 Å². The summed E-state index contributed by atoms with van der Waals surface area (Å²) in [5.74, 6) is -1.03. The number of carbonyl (C=O) groups is 1. The van der Waals surface area contributed by atoms with E-state index in [1.807, 2.05) is 18.2 Å². The molecule has 0 amide bonds. The highest BCUT2D eigenvalue weighted by Crippen LogP contribution is 2.29. The van der Waals surface area contributed by atoms with Crippen LogP contribution in [0, 0.1) is 11.3 Å². The quantitative estimate of drug-likeness (QED) is 0.216. The third-order valence-electron chi connectivity index (χ3n) is 6.53. The first-order chi connectivity index (χ1) is 19.4. The smallest absolute Gasteiger partial charge is 0.335 e. The average molecular weight is 594 g/mol. The Kier molecular flexibility index (Phi) is 8.99. The second kappa shape index (κ2) is 12.3. The van der Waals surface area contributed by atoms with Gasteiger partial charge in [-0.2, -0.15) is 5.26 Å². The molecule has 1 aromatic heterocycles. The molecule has 1 atom stereocenters. The average Bonchev–Trinajstić information content (AvgIpc) is 3.36. The summed E-state index contributed by atoms with van der Waals surface area (Å²) in [6.45, 7) is 4.34.